The Kier molecular flexibility index (Phi) is 2.64. The molecule has 1 aliphatic rings. The van der Waals surface area contributed by atoms with Crippen LogP contribution in [-0.4, -0.2) is 28.3 Å². The van der Waals surface area contributed by atoms with E-state index in [1.807, 2.05) is 37.5 Å². The van der Waals surface area contributed by atoms with E-state index in [1.54, 1.807) is 0 Å². The van der Waals surface area contributed by atoms with Gasteiger partial charge < -0.3 is 10.2 Å². The number of aromatic nitrogens is 2. The molecule has 0 fully saturated rings. The van der Waals surface area contributed by atoms with Gasteiger partial charge in [0.2, 0.25) is 5.91 Å². The van der Waals surface area contributed by atoms with Crippen molar-refractivity contribution < 1.29 is 4.79 Å². The lowest BCUT2D eigenvalue weighted by molar-refractivity contribution is -0.120. The third-order valence-corrected chi connectivity index (χ3v) is 3.53. The number of rotatable bonds is 2. The van der Waals surface area contributed by atoms with Crippen molar-refractivity contribution in [2.24, 2.45) is 7.05 Å². The van der Waals surface area contributed by atoms with E-state index in [4.69, 9.17) is 0 Å². The fourth-order valence-electron chi connectivity index (χ4n) is 2.18. The number of amides is 1. The molecule has 2 heterocycles. The van der Waals surface area contributed by atoms with Gasteiger partial charge in [0, 0.05) is 14.1 Å². The molecule has 0 radical (unpaired) electrons. The summed E-state index contributed by atoms with van der Waals surface area (Å²) >= 11 is 0. The monoisotopic (exact) mass is 236 g/mol. The van der Waals surface area contributed by atoms with Gasteiger partial charge in [-0.2, -0.15) is 5.10 Å². The molecule has 94 valence electrons. The third-order valence-electron chi connectivity index (χ3n) is 3.53. The normalized spacial score (nSPS) is 17.9. The van der Waals surface area contributed by atoms with Gasteiger partial charge in [0.15, 0.2) is 5.82 Å². The van der Waals surface area contributed by atoms with Gasteiger partial charge in [0.1, 0.15) is 11.2 Å². The van der Waals surface area contributed by atoms with Crippen LogP contribution in [0.25, 0.3) is 0 Å². The molecule has 1 amide bonds. The Morgan fingerprint density at radius 2 is 2.00 bits per heavy atom. The molecule has 1 aromatic heterocycles. The zero-order chi connectivity index (χ0) is 12.8. The Balaban J connectivity index is 2.54. The molecule has 0 spiro atoms. The third kappa shape index (κ3) is 1.61. The molecule has 1 N–H and O–H groups in total. The topological polar surface area (TPSA) is 50.2 Å². The standard InChI is InChI=1S/C12H20N4O/c1-6-7-8-9-10(16(5)14-8)15(4)12(2,3)11(17)13-9/h6-7H2,1-5H3,(H,13,17). The summed E-state index contributed by atoms with van der Waals surface area (Å²) in [5.74, 6) is 1.01. The van der Waals surface area contributed by atoms with Crippen LogP contribution in [0.3, 0.4) is 0 Å². The first-order valence-corrected chi connectivity index (χ1v) is 6.00. The van der Waals surface area contributed by atoms with Gasteiger partial charge in [0.25, 0.3) is 0 Å². The van der Waals surface area contributed by atoms with Crippen molar-refractivity contribution in [3.63, 3.8) is 0 Å². The van der Waals surface area contributed by atoms with E-state index in [9.17, 15) is 4.79 Å². The molecule has 0 unspecified atom stereocenters. The number of anilines is 2. The zero-order valence-electron chi connectivity index (χ0n) is 11.2. The molecular weight excluding hydrogens is 216 g/mol. The smallest absolute Gasteiger partial charge is 0.249 e. The van der Waals surface area contributed by atoms with Crippen LogP contribution in [0, 0.1) is 0 Å². The summed E-state index contributed by atoms with van der Waals surface area (Å²) in [5.41, 5.74) is 1.31. The summed E-state index contributed by atoms with van der Waals surface area (Å²) < 4.78 is 1.85. The largest absolute Gasteiger partial charge is 0.344 e. The Labute approximate surface area is 102 Å². The van der Waals surface area contributed by atoms with E-state index in [2.05, 4.69) is 17.3 Å². The number of nitrogens with zero attached hydrogens (tertiary/aromatic N) is 3. The number of hydrogen-bond acceptors (Lipinski definition) is 3. The summed E-state index contributed by atoms with van der Waals surface area (Å²) in [6, 6.07) is 0. The average Bonchev–Trinajstić information content (AvgIpc) is 2.53. The molecule has 5 heteroatoms. The van der Waals surface area contributed by atoms with Crippen LogP contribution in [0.15, 0.2) is 0 Å². The molecule has 0 aliphatic carbocycles. The highest BCUT2D eigenvalue weighted by Crippen LogP contribution is 2.37. The molecule has 0 atom stereocenters. The van der Waals surface area contributed by atoms with E-state index >= 15 is 0 Å². The van der Waals surface area contributed by atoms with Crippen molar-refractivity contribution >= 4 is 17.4 Å². The molecule has 0 saturated carbocycles. The second-order valence-corrected chi connectivity index (χ2v) is 5.09. The number of hydrogen-bond donors (Lipinski definition) is 1. The maximum atomic E-state index is 12.1. The molecule has 1 aromatic rings. The van der Waals surface area contributed by atoms with Crippen molar-refractivity contribution in [3.8, 4) is 0 Å². The zero-order valence-corrected chi connectivity index (χ0v) is 11.2. The van der Waals surface area contributed by atoms with Crippen LogP contribution >= 0.6 is 0 Å². The molecule has 0 saturated heterocycles. The second kappa shape index (κ2) is 3.75. The van der Waals surface area contributed by atoms with E-state index in [-0.39, 0.29) is 5.91 Å². The van der Waals surface area contributed by atoms with Gasteiger partial charge in [-0.15, -0.1) is 0 Å². The molecular formula is C12H20N4O. The summed E-state index contributed by atoms with van der Waals surface area (Å²) in [5, 5.41) is 7.48. The van der Waals surface area contributed by atoms with Crippen LogP contribution in [0.1, 0.15) is 32.9 Å². The van der Waals surface area contributed by atoms with Crippen molar-refractivity contribution in [1.82, 2.24) is 9.78 Å². The average molecular weight is 236 g/mol. The highest BCUT2D eigenvalue weighted by Gasteiger charge is 2.41. The number of aryl methyl sites for hydroxylation is 2. The summed E-state index contributed by atoms with van der Waals surface area (Å²) in [4.78, 5) is 14.1. The lowest BCUT2D eigenvalue weighted by Gasteiger charge is -2.39. The van der Waals surface area contributed by atoms with Crippen molar-refractivity contribution in [2.75, 3.05) is 17.3 Å². The molecule has 1 aliphatic heterocycles. The first kappa shape index (κ1) is 12.0. The predicted octanol–water partition coefficient (Wildman–Crippen LogP) is 1.54. The first-order valence-electron chi connectivity index (χ1n) is 6.00. The Morgan fingerprint density at radius 1 is 1.35 bits per heavy atom. The molecule has 0 bridgehead atoms. The molecule has 2 rings (SSSR count). The number of likely N-dealkylation sites (N-methyl/N-ethyl adjacent to an activating group) is 1. The number of nitrogens with one attached hydrogen (secondary N) is 1. The van der Waals surface area contributed by atoms with E-state index < -0.39 is 5.54 Å². The van der Waals surface area contributed by atoms with Gasteiger partial charge in [0.05, 0.1) is 5.69 Å². The van der Waals surface area contributed by atoms with Crippen LogP contribution in [0.5, 0.6) is 0 Å². The minimum atomic E-state index is -0.537. The quantitative estimate of drug-likeness (QED) is 0.847. The number of fused-ring (bicyclic) bond motifs is 1. The summed E-state index contributed by atoms with van der Waals surface area (Å²) in [6.07, 6.45) is 1.91. The van der Waals surface area contributed by atoms with Gasteiger partial charge >= 0.3 is 0 Å². The first-order chi connectivity index (χ1) is 7.89. The Hall–Kier alpha value is -1.52. The Bertz CT molecular complexity index is 461. The number of carbonyl (C=O) groups is 1. The fourth-order valence-corrected chi connectivity index (χ4v) is 2.18. The van der Waals surface area contributed by atoms with E-state index in [1.165, 1.54) is 0 Å². The van der Waals surface area contributed by atoms with Crippen molar-refractivity contribution in [2.45, 2.75) is 39.2 Å². The maximum Gasteiger partial charge on any atom is 0.249 e. The molecule has 17 heavy (non-hydrogen) atoms. The van der Waals surface area contributed by atoms with Crippen molar-refractivity contribution in [3.05, 3.63) is 5.69 Å². The lowest BCUT2D eigenvalue weighted by Crippen LogP contribution is -2.54. The molecule has 0 aromatic carbocycles. The van der Waals surface area contributed by atoms with Crippen LogP contribution in [0.4, 0.5) is 11.5 Å². The molecule has 5 nitrogen and oxygen atoms in total. The minimum absolute atomic E-state index is 0.0258. The maximum absolute atomic E-state index is 12.1. The van der Waals surface area contributed by atoms with E-state index in [0.717, 1.165) is 30.0 Å². The van der Waals surface area contributed by atoms with Gasteiger partial charge in [-0.3, -0.25) is 9.48 Å². The highest BCUT2D eigenvalue weighted by atomic mass is 16.2. The van der Waals surface area contributed by atoms with Gasteiger partial charge in [-0.1, -0.05) is 13.3 Å². The van der Waals surface area contributed by atoms with Gasteiger partial charge in [-0.05, 0) is 20.3 Å². The number of carbonyl (C=O) groups excluding carboxylic acids is 1. The summed E-state index contributed by atoms with van der Waals surface area (Å²) in [7, 11) is 3.86. The summed E-state index contributed by atoms with van der Waals surface area (Å²) in [6.45, 7) is 5.94. The highest BCUT2D eigenvalue weighted by molar-refractivity contribution is 6.06. The predicted molar refractivity (Wildman–Crippen MR) is 68.3 cm³/mol. The minimum Gasteiger partial charge on any atom is -0.344 e. The fraction of sp³-hybridized carbons (Fsp3) is 0.667. The lowest BCUT2D eigenvalue weighted by atomic mass is 9.99. The second-order valence-electron chi connectivity index (χ2n) is 5.09. The Morgan fingerprint density at radius 3 is 2.59 bits per heavy atom. The van der Waals surface area contributed by atoms with Crippen LogP contribution in [-0.2, 0) is 18.3 Å². The van der Waals surface area contributed by atoms with E-state index in [0.29, 0.717) is 0 Å². The van der Waals surface area contributed by atoms with Gasteiger partial charge in [-0.25, -0.2) is 0 Å². The van der Waals surface area contributed by atoms with Crippen molar-refractivity contribution in [1.29, 1.82) is 0 Å². The SMILES string of the molecule is CCCc1nn(C)c2c1NC(=O)C(C)(C)N2C. The van der Waals surface area contributed by atoms with Crippen LogP contribution < -0.4 is 10.2 Å². The van der Waals surface area contributed by atoms with Crippen LogP contribution in [0.2, 0.25) is 0 Å².